The normalized spacial score (nSPS) is 16.5. The van der Waals surface area contributed by atoms with Gasteiger partial charge in [0.05, 0.1) is 19.0 Å². The Bertz CT molecular complexity index is 1040. The van der Waals surface area contributed by atoms with Crippen LogP contribution in [0.2, 0.25) is 0 Å². The number of hydrogen-bond acceptors (Lipinski definition) is 5. The summed E-state index contributed by atoms with van der Waals surface area (Å²) in [7, 11) is 3.50. The van der Waals surface area contributed by atoms with Gasteiger partial charge in [0, 0.05) is 25.6 Å². The lowest BCUT2D eigenvalue weighted by Crippen LogP contribution is -2.39. The van der Waals surface area contributed by atoms with Crippen molar-refractivity contribution in [3.63, 3.8) is 0 Å². The SMILES string of the molecule is CCCc1cc(C(=O)N2CCCCC2c2ncc(Cc3ccccc3OC)o2)n(C)n1. The van der Waals surface area contributed by atoms with E-state index in [9.17, 15) is 4.79 Å². The van der Waals surface area contributed by atoms with Crippen LogP contribution >= 0.6 is 0 Å². The van der Waals surface area contributed by atoms with Crippen LogP contribution in [0.3, 0.4) is 0 Å². The highest BCUT2D eigenvalue weighted by Gasteiger charge is 2.33. The zero-order valence-electron chi connectivity index (χ0n) is 18.5. The van der Waals surface area contributed by atoms with Crippen molar-refractivity contribution in [2.24, 2.45) is 7.05 Å². The van der Waals surface area contributed by atoms with Crippen LogP contribution in [0.25, 0.3) is 0 Å². The summed E-state index contributed by atoms with van der Waals surface area (Å²) < 4.78 is 13.3. The summed E-state index contributed by atoms with van der Waals surface area (Å²) in [6.07, 6.45) is 7.11. The van der Waals surface area contributed by atoms with E-state index in [1.165, 1.54) is 0 Å². The molecule has 1 aromatic carbocycles. The number of likely N-dealkylation sites (tertiary alicyclic amines) is 1. The highest BCUT2D eigenvalue weighted by Crippen LogP contribution is 2.32. The predicted molar refractivity (Wildman–Crippen MR) is 117 cm³/mol. The van der Waals surface area contributed by atoms with E-state index in [1.54, 1.807) is 18.0 Å². The fourth-order valence-electron chi connectivity index (χ4n) is 4.28. The maximum absolute atomic E-state index is 13.4. The molecule has 1 fully saturated rings. The third kappa shape index (κ3) is 4.50. The molecular weight excluding hydrogens is 392 g/mol. The van der Waals surface area contributed by atoms with Gasteiger partial charge in [0.1, 0.15) is 23.2 Å². The number of benzene rings is 1. The molecule has 3 aromatic rings. The van der Waals surface area contributed by atoms with E-state index in [-0.39, 0.29) is 11.9 Å². The monoisotopic (exact) mass is 422 g/mol. The molecule has 4 rings (SSSR count). The number of hydrogen-bond donors (Lipinski definition) is 0. The van der Waals surface area contributed by atoms with E-state index in [4.69, 9.17) is 9.15 Å². The highest BCUT2D eigenvalue weighted by molar-refractivity contribution is 5.93. The van der Waals surface area contributed by atoms with Crippen LogP contribution in [-0.4, -0.2) is 39.2 Å². The van der Waals surface area contributed by atoms with Crippen molar-refractivity contribution in [3.8, 4) is 5.75 Å². The maximum atomic E-state index is 13.4. The molecule has 0 radical (unpaired) electrons. The molecule has 1 saturated heterocycles. The van der Waals surface area contributed by atoms with Gasteiger partial charge in [-0.2, -0.15) is 5.10 Å². The molecule has 1 unspecified atom stereocenters. The molecule has 1 aliphatic rings. The smallest absolute Gasteiger partial charge is 0.272 e. The van der Waals surface area contributed by atoms with E-state index in [1.807, 2.05) is 42.3 Å². The third-order valence-corrected chi connectivity index (χ3v) is 5.83. The summed E-state index contributed by atoms with van der Waals surface area (Å²) in [5.74, 6) is 2.19. The Labute approximate surface area is 183 Å². The minimum atomic E-state index is -0.155. The highest BCUT2D eigenvalue weighted by atomic mass is 16.5. The quantitative estimate of drug-likeness (QED) is 0.567. The summed E-state index contributed by atoms with van der Waals surface area (Å²) in [6, 6.07) is 9.65. The zero-order chi connectivity index (χ0) is 21.8. The molecule has 7 nitrogen and oxygen atoms in total. The van der Waals surface area contributed by atoms with Crippen molar-refractivity contribution >= 4 is 5.91 Å². The molecule has 2 aromatic heterocycles. The summed E-state index contributed by atoms with van der Waals surface area (Å²) >= 11 is 0. The molecule has 1 aliphatic heterocycles. The average molecular weight is 423 g/mol. The second kappa shape index (κ2) is 9.37. The molecule has 1 amide bonds. The second-order valence-electron chi connectivity index (χ2n) is 8.06. The number of carbonyl (C=O) groups is 1. The molecule has 1 atom stereocenters. The first-order valence-electron chi connectivity index (χ1n) is 11.0. The Morgan fingerprint density at radius 2 is 2.13 bits per heavy atom. The first-order chi connectivity index (χ1) is 15.1. The van der Waals surface area contributed by atoms with Crippen molar-refractivity contribution in [2.45, 2.75) is 51.5 Å². The number of methoxy groups -OCH3 is 1. The topological polar surface area (TPSA) is 73.4 Å². The van der Waals surface area contributed by atoms with Gasteiger partial charge in [-0.15, -0.1) is 0 Å². The summed E-state index contributed by atoms with van der Waals surface area (Å²) in [4.78, 5) is 19.8. The van der Waals surface area contributed by atoms with Gasteiger partial charge < -0.3 is 14.1 Å². The van der Waals surface area contributed by atoms with Crippen LogP contribution in [0.4, 0.5) is 0 Å². The van der Waals surface area contributed by atoms with Crippen LogP contribution in [0, 0.1) is 0 Å². The number of rotatable bonds is 7. The number of aromatic nitrogens is 3. The fourth-order valence-corrected chi connectivity index (χ4v) is 4.28. The number of ether oxygens (including phenoxy) is 1. The van der Waals surface area contributed by atoms with Crippen molar-refractivity contribution in [2.75, 3.05) is 13.7 Å². The molecule has 0 bridgehead atoms. The van der Waals surface area contributed by atoms with Crippen LogP contribution in [0.1, 0.15) is 72.0 Å². The van der Waals surface area contributed by atoms with Gasteiger partial charge in [0.25, 0.3) is 5.91 Å². The minimum Gasteiger partial charge on any atom is -0.496 e. The molecule has 7 heteroatoms. The Balaban J connectivity index is 1.55. The van der Waals surface area contributed by atoms with Crippen molar-refractivity contribution in [1.29, 1.82) is 0 Å². The molecule has 0 saturated carbocycles. The van der Waals surface area contributed by atoms with Crippen molar-refractivity contribution < 1.29 is 13.9 Å². The average Bonchev–Trinajstić information content (AvgIpc) is 3.40. The van der Waals surface area contributed by atoms with Crippen LogP contribution in [0.15, 0.2) is 40.9 Å². The number of para-hydroxylation sites is 1. The Morgan fingerprint density at radius 3 is 2.94 bits per heavy atom. The number of aryl methyl sites for hydroxylation is 2. The standard InChI is InChI=1S/C24H30N4O3/c1-4-9-18-15-21(27(2)26-18)24(29)28-13-8-7-11-20(28)23-25-16-19(31-23)14-17-10-5-6-12-22(17)30-3/h5-6,10,12,15-16,20H,4,7-9,11,13-14H2,1-3H3. The van der Waals surface area contributed by atoms with E-state index < -0.39 is 0 Å². The van der Waals surface area contributed by atoms with Gasteiger partial charge in [-0.1, -0.05) is 31.5 Å². The fraction of sp³-hybridized carbons (Fsp3) is 0.458. The number of nitrogens with zero attached hydrogens (tertiary/aromatic N) is 4. The Kier molecular flexibility index (Phi) is 6.39. The molecule has 3 heterocycles. The van der Waals surface area contributed by atoms with Gasteiger partial charge in [-0.05, 0) is 37.8 Å². The molecular formula is C24H30N4O3. The zero-order valence-corrected chi connectivity index (χ0v) is 18.5. The van der Waals surface area contributed by atoms with Gasteiger partial charge in [-0.3, -0.25) is 9.48 Å². The first kappa shape index (κ1) is 21.2. The first-order valence-corrected chi connectivity index (χ1v) is 11.0. The molecule has 0 N–H and O–H groups in total. The van der Waals surface area contributed by atoms with Crippen molar-refractivity contribution in [3.05, 3.63) is 65.1 Å². The predicted octanol–water partition coefficient (Wildman–Crippen LogP) is 4.33. The number of amides is 1. The van der Waals surface area contributed by atoms with E-state index in [2.05, 4.69) is 17.0 Å². The Morgan fingerprint density at radius 1 is 1.29 bits per heavy atom. The lowest BCUT2D eigenvalue weighted by Gasteiger charge is -2.33. The van der Waals surface area contributed by atoms with Gasteiger partial charge in [0.2, 0.25) is 5.89 Å². The largest absolute Gasteiger partial charge is 0.496 e. The third-order valence-electron chi connectivity index (χ3n) is 5.83. The molecule has 164 valence electrons. The summed E-state index contributed by atoms with van der Waals surface area (Å²) in [5, 5.41) is 4.50. The number of oxazole rings is 1. The van der Waals surface area contributed by atoms with Gasteiger partial charge in [0.15, 0.2) is 0 Å². The summed E-state index contributed by atoms with van der Waals surface area (Å²) in [6.45, 7) is 2.81. The van der Waals surface area contributed by atoms with E-state index in [0.29, 0.717) is 24.6 Å². The molecule has 0 spiro atoms. The molecule has 0 aliphatic carbocycles. The maximum Gasteiger partial charge on any atom is 0.272 e. The van der Waals surface area contributed by atoms with E-state index >= 15 is 0 Å². The van der Waals surface area contributed by atoms with Crippen molar-refractivity contribution in [1.82, 2.24) is 19.7 Å². The number of carbonyl (C=O) groups excluding carboxylic acids is 1. The molecule has 31 heavy (non-hydrogen) atoms. The van der Waals surface area contributed by atoms with Crippen LogP contribution in [0.5, 0.6) is 5.75 Å². The van der Waals surface area contributed by atoms with E-state index in [0.717, 1.165) is 54.9 Å². The van der Waals surface area contributed by atoms with Crippen LogP contribution in [-0.2, 0) is 19.9 Å². The Hall–Kier alpha value is -3.09. The van der Waals surface area contributed by atoms with Gasteiger partial charge >= 0.3 is 0 Å². The van der Waals surface area contributed by atoms with Gasteiger partial charge in [-0.25, -0.2) is 4.98 Å². The second-order valence-corrected chi connectivity index (χ2v) is 8.06. The summed E-state index contributed by atoms with van der Waals surface area (Å²) in [5.41, 5.74) is 2.62. The number of piperidine rings is 1. The minimum absolute atomic E-state index is 0.00784. The lowest BCUT2D eigenvalue weighted by atomic mass is 10.0. The van der Waals surface area contributed by atoms with Crippen LogP contribution < -0.4 is 4.74 Å². The lowest BCUT2D eigenvalue weighted by molar-refractivity contribution is 0.0558.